The molecule has 6 nitrogen and oxygen atoms in total. The molecule has 0 atom stereocenters. The molecule has 0 aliphatic heterocycles. The fourth-order valence-electron chi connectivity index (χ4n) is 3.50. The van der Waals surface area contributed by atoms with Crippen molar-refractivity contribution in [2.75, 3.05) is 5.32 Å². The van der Waals surface area contributed by atoms with Crippen molar-refractivity contribution in [1.29, 1.82) is 5.26 Å². The molecule has 0 fully saturated rings. The van der Waals surface area contributed by atoms with Crippen LogP contribution in [-0.4, -0.2) is 21.6 Å². The fraction of sp³-hybridized carbons (Fsp3) is 0.0870. The molecular weight excluding hydrogens is 398 g/mol. The lowest BCUT2D eigenvalue weighted by atomic mass is 10.1. The number of nitrogens with zero attached hydrogens (tertiary/aromatic N) is 2. The molecule has 2 heterocycles. The van der Waals surface area contributed by atoms with E-state index >= 15 is 0 Å². The number of anilines is 1. The molecular formula is C23H17N3O3S. The van der Waals surface area contributed by atoms with Gasteiger partial charge in [-0.1, -0.05) is 18.2 Å². The molecule has 2 N–H and O–H groups in total. The van der Waals surface area contributed by atoms with Crippen molar-refractivity contribution in [2.45, 2.75) is 6.92 Å². The van der Waals surface area contributed by atoms with Crippen LogP contribution in [-0.2, 0) is 7.05 Å². The molecule has 0 aliphatic rings. The highest BCUT2D eigenvalue weighted by molar-refractivity contribution is 7.15. The summed E-state index contributed by atoms with van der Waals surface area (Å²) in [6.45, 7) is 2.05. The molecule has 0 aliphatic carbocycles. The van der Waals surface area contributed by atoms with Gasteiger partial charge in [-0.15, -0.1) is 11.3 Å². The molecule has 0 saturated heterocycles. The molecule has 2 aromatic heterocycles. The van der Waals surface area contributed by atoms with Crippen molar-refractivity contribution in [3.8, 4) is 16.5 Å². The number of carboxylic acid groups (broad SMARTS) is 1. The minimum atomic E-state index is -1.21. The van der Waals surface area contributed by atoms with Gasteiger partial charge >= 0.3 is 5.97 Å². The number of nitrogens with one attached hydrogen (secondary N) is 1. The highest BCUT2D eigenvalue weighted by Gasteiger charge is 2.19. The van der Waals surface area contributed by atoms with E-state index in [1.807, 2.05) is 35.9 Å². The first-order valence-corrected chi connectivity index (χ1v) is 9.94. The third-order valence-electron chi connectivity index (χ3n) is 4.92. The Labute approximate surface area is 176 Å². The van der Waals surface area contributed by atoms with Crippen LogP contribution in [0.3, 0.4) is 0 Å². The average Bonchev–Trinajstić information content (AvgIpc) is 3.31. The van der Waals surface area contributed by atoms with E-state index in [-0.39, 0.29) is 16.8 Å². The third-order valence-corrected chi connectivity index (χ3v) is 5.96. The summed E-state index contributed by atoms with van der Waals surface area (Å²) >= 11 is 1.69. The minimum Gasteiger partial charge on any atom is -0.478 e. The molecule has 1 amide bonds. The second kappa shape index (κ2) is 7.50. The van der Waals surface area contributed by atoms with Crippen LogP contribution in [0.1, 0.15) is 31.3 Å². The number of amides is 1. The summed E-state index contributed by atoms with van der Waals surface area (Å²) in [6.07, 6.45) is 0. The molecule has 0 spiro atoms. The first kappa shape index (κ1) is 19.4. The maximum absolute atomic E-state index is 13.0. The van der Waals surface area contributed by atoms with E-state index in [4.69, 9.17) is 5.26 Å². The zero-order chi connectivity index (χ0) is 21.4. The number of aryl methyl sites for hydroxylation is 2. The van der Waals surface area contributed by atoms with Crippen LogP contribution in [0.25, 0.3) is 21.3 Å². The smallest absolute Gasteiger partial charge is 0.337 e. The van der Waals surface area contributed by atoms with Crippen molar-refractivity contribution < 1.29 is 14.7 Å². The minimum absolute atomic E-state index is 0.129. The van der Waals surface area contributed by atoms with E-state index in [0.29, 0.717) is 5.69 Å². The molecule has 7 heteroatoms. The predicted octanol–water partition coefficient (Wildman–Crippen LogP) is 5.04. The third kappa shape index (κ3) is 3.34. The molecule has 0 saturated carbocycles. The average molecular weight is 415 g/mol. The van der Waals surface area contributed by atoms with Crippen molar-refractivity contribution >= 4 is 39.8 Å². The van der Waals surface area contributed by atoms with Gasteiger partial charge in [0.25, 0.3) is 5.91 Å². The summed E-state index contributed by atoms with van der Waals surface area (Å²) in [6, 6.07) is 17.9. The van der Waals surface area contributed by atoms with Crippen molar-refractivity contribution in [2.24, 2.45) is 7.05 Å². The van der Waals surface area contributed by atoms with E-state index in [2.05, 4.69) is 24.4 Å². The van der Waals surface area contributed by atoms with Gasteiger partial charge in [0.1, 0.15) is 5.69 Å². The van der Waals surface area contributed by atoms with Crippen molar-refractivity contribution in [3.05, 3.63) is 76.3 Å². The lowest BCUT2D eigenvalue weighted by molar-refractivity contribution is 0.0698. The monoisotopic (exact) mass is 415 g/mol. The number of benzene rings is 2. The Morgan fingerprint density at radius 1 is 1.13 bits per heavy atom. The van der Waals surface area contributed by atoms with Gasteiger partial charge in [-0.05, 0) is 43.3 Å². The molecule has 0 bridgehead atoms. The quantitative estimate of drug-likeness (QED) is 0.488. The summed E-state index contributed by atoms with van der Waals surface area (Å²) in [5.74, 6) is -1.64. The van der Waals surface area contributed by atoms with Crippen LogP contribution in [0.15, 0.2) is 54.6 Å². The number of fused-ring (bicyclic) bond motifs is 1. The lowest BCUT2D eigenvalue weighted by Gasteiger charge is -2.10. The number of thiophene rings is 1. The SMILES string of the molecule is Cc1ccc(-c2cccc3cc(C(=O)Nc4ccc(C#N)cc4C(=O)O)n(C)c23)s1. The van der Waals surface area contributed by atoms with E-state index in [1.165, 1.54) is 23.1 Å². The zero-order valence-electron chi connectivity index (χ0n) is 16.3. The Bertz CT molecular complexity index is 1360. The summed E-state index contributed by atoms with van der Waals surface area (Å²) in [4.78, 5) is 26.9. The molecule has 0 unspecified atom stereocenters. The summed E-state index contributed by atoms with van der Waals surface area (Å²) in [7, 11) is 1.82. The van der Waals surface area contributed by atoms with Gasteiger partial charge in [0.15, 0.2) is 0 Å². The Balaban J connectivity index is 1.76. The Kier molecular flexibility index (Phi) is 4.86. The molecule has 2 aromatic carbocycles. The summed E-state index contributed by atoms with van der Waals surface area (Å²) in [5, 5.41) is 22.0. The number of rotatable bonds is 4. The molecule has 4 aromatic rings. The number of hydrogen-bond donors (Lipinski definition) is 2. The second-order valence-electron chi connectivity index (χ2n) is 6.87. The van der Waals surface area contributed by atoms with Gasteiger partial charge in [0, 0.05) is 27.8 Å². The molecule has 30 heavy (non-hydrogen) atoms. The second-order valence-corrected chi connectivity index (χ2v) is 8.16. The number of aromatic nitrogens is 1. The first-order valence-electron chi connectivity index (χ1n) is 9.13. The van der Waals surface area contributed by atoms with Gasteiger partial charge in [-0.3, -0.25) is 4.79 Å². The normalized spacial score (nSPS) is 10.7. The Hall–Kier alpha value is -3.89. The maximum Gasteiger partial charge on any atom is 0.337 e. The standard InChI is InChI=1S/C23H17N3O3S/c1-13-6-9-20(30-13)16-5-3-4-15-11-19(26(2)21(15)16)22(27)25-18-8-7-14(12-24)10-17(18)23(28)29/h3-11H,1-2H3,(H,25,27)(H,28,29). The Morgan fingerprint density at radius 3 is 2.60 bits per heavy atom. The first-order chi connectivity index (χ1) is 14.4. The van der Waals surface area contributed by atoms with Gasteiger partial charge in [0.05, 0.1) is 28.4 Å². The van der Waals surface area contributed by atoms with Crippen molar-refractivity contribution in [1.82, 2.24) is 4.57 Å². The predicted molar refractivity (Wildman–Crippen MR) is 117 cm³/mol. The number of carboxylic acids is 1. The van der Waals surface area contributed by atoms with Gasteiger partial charge < -0.3 is 15.0 Å². The van der Waals surface area contributed by atoms with E-state index < -0.39 is 11.9 Å². The van der Waals surface area contributed by atoms with Gasteiger partial charge in [-0.25, -0.2) is 4.79 Å². The van der Waals surface area contributed by atoms with Crippen molar-refractivity contribution in [3.63, 3.8) is 0 Å². The molecule has 4 rings (SSSR count). The zero-order valence-corrected chi connectivity index (χ0v) is 17.1. The van der Waals surface area contributed by atoms with Crippen LogP contribution in [0, 0.1) is 18.3 Å². The van der Waals surface area contributed by atoms with Crippen LogP contribution in [0.5, 0.6) is 0 Å². The number of nitriles is 1. The number of aromatic carboxylic acids is 1. The van der Waals surface area contributed by atoms with Gasteiger partial charge in [0.2, 0.25) is 0 Å². The number of hydrogen-bond acceptors (Lipinski definition) is 4. The maximum atomic E-state index is 13.0. The van der Waals surface area contributed by atoms with Crippen LogP contribution >= 0.6 is 11.3 Å². The number of carbonyl (C=O) groups excluding carboxylic acids is 1. The van der Waals surface area contributed by atoms with E-state index in [9.17, 15) is 14.7 Å². The molecule has 148 valence electrons. The Morgan fingerprint density at radius 2 is 1.93 bits per heavy atom. The largest absolute Gasteiger partial charge is 0.478 e. The topological polar surface area (TPSA) is 95.1 Å². The molecule has 0 radical (unpaired) electrons. The summed E-state index contributed by atoms with van der Waals surface area (Å²) < 4.78 is 1.82. The van der Waals surface area contributed by atoms with Crippen LogP contribution in [0.4, 0.5) is 5.69 Å². The van der Waals surface area contributed by atoms with Gasteiger partial charge in [-0.2, -0.15) is 5.26 Å². The van der Waals surface area contributed by atoms with Crippen LogP contribution < -0.4 is 5.32 Å². The number of carbonyl (C=O) groups is 2. The van der Waals surface area contributed by atoms with Crippen LogP contribution in [0.2, 0.25) is 0 Å². The highest BCUT2D eigenvalue weighted by atomic mass is 32.1. The summed E-state index contributed by atoms with van der Waals surface area (Å²) in [5.41, 5.74) is 2.61. The highest BCUT2D eigenvalue weighted by Crippen LogP contribution is 2.35. The van der Waals surface area contributed by atoms with E-state index in [0.717, 1.165) is 21.3 Å². The fourth-order valence-corrected chi connectivity index (χ4v) is 4.39. The lowest BCUT2D eigenvalue weighted by Crippen LogP contribution is -2.17. The van der Waals surface area contributed by atoms with E-state index in [1.54, 1.807) is 17.4 Å². The number of para-hydroxylation sites is 1.